The molecule has 0 aliphatic heterocycles. The van der Waals surface area contributed by atoms with Gasteiger partial charge in [-0.2, -0.15) is 0 Å². The Kier molecular flexibility index (Phi) is 6.12. The lowest BCUT2D eigenvalue weighted by molar-refractivity contribution is -0.120. The maximum Gasteiger partial charge on any atom is 0.233 e. The largest absolute Gasteiger partial charge is 0.355 e. The second kappa shape index (κ2) is 6.35. The number of rotatable bonds is 7. The van der Waals surface area contributed by atoms with E-state index in [2.05, 4.69) is 10.6 Å². The van der Waals surface area contributed by atoms with Crippen LogP contribution in [0.1, 0.15) is 27.7 Å². The summed E-state index contributed by atoms with van der Waals surface area (Å²) in [6.45, 7) is 8.35. The maximum atomic E-state index is 11.4. The highest BCUT2D eigenvalue weighted by Gasteiger charge is 2.29. The molecule has 0 heterocycles. The molecule has 0 saturated heterocycles. The fourth-order valence-electron chi connectivity index (χ4n) is 0.989. The van der Waals surface area contributed by atoms with Gasteiger partial charge >= 0.3 is 0 Å². The number of nitrogens with one attached hydrogen (secondary N) is 2. The predicted molar refractivity (Wildman–Crippen MR) is 69.6 cm³/mol. The molecule has 0 atom stereocenters. The van der Waals surface area contributed by atoms with Gasteiger partial charge in [-0.05, 0) is 19.8 Å². The number of hydrogen-bond acceptors (Lipinski definition) is 4. The van der Waals surface area contributed by atoms with Gasteiger partial charge in [0.2, 0.25) is 5.91 Å². The zero-order valence-corrected chi connectivity index (χ0v) is 12.1. The molecular formula is C11H24N2O3S. The first-order chi connectivity index (χ1) is 7.56. The van der Waals surface area contributed by atoms with Gasteiger partial charge in [0.05, 0.1) is 11.3 Å². The first kappa shape index (κ1) is 16.4. The van der Waals surface area contributed by atoms with Crippen molar-refractivity contribution in [2.45, 2.75) is 32.4 Å². The van der Waals surface area contributed by atoms with Crippen LogP contribution < -0.4 is 10.6 Å². The summed E-state index contributed by atoms with van der Waals surface area (Å²) in [5.74, 6) is 0.300. The van der Waals surface area contributed by atoms with E-state index in [0.29, 0.717) is 12.5 Å². The van der Waals surface area contributed by atoms with Crippen LogP contribution in [0.4, 0.5) is 0 Å². The Balaban J connectivity index is 3.96. The molecule has 0 aliphatic rings. The lowest BCUT2D eigenvalue weighted by Crippen LogP contribution is -2.45. The Bertz CT molecular complexity index is 348. The van der Waals surface area contributed by atoms with Gasteiger partial charge in [0.25, 0.3) is 0 Å². The van der Waals surface area contributed by atoms with E-state index in [-0.39, 0.29) is 19.0 Å². The summed E-state index contributed by atoms with van der Waals surface area (Å²) < 4.78 is 22.0. The molecule has 0 bridgehead atoms. The summed E-state index contributed by atoms with van der Waals surface area (Å²) in [6.07, 6.45) is 1.20. The summed E-state index contributed by atoms with van der Waals surface area (Å²) in [4.78, 5) is 11.4. The van der Waals surface area contributed by atoms with E-state index >= 15 is 0 Å². The molecule has 0 spiro atoms. The van der Waals surface area contributed by atoms with Gasteiger partial charge in [-0.25, -0.2) is 8.42 Å². The Hall–Kier alpha value is -0.620. The minimum atomic E-state index is -3.12. The average molecular weight is 264 g/mol. The van der Waals surface area contributed by atoms with Crippen molar-refractivity contribution in [1.29, 1.82) is 0 Å². The van der Waals surface area contributed by atoms with Crippen LogP contribution in [0.25, 0.3) is 0 Å². The predicted octanol–water partition coefficient (Wildman–Crippen LogP) is 0.171. The highest BCUT2D eigenvalue weighted by Crippen LogP contribution is 2.12. The minimum Gasteiger partial charge on any atom is -0.355 e. The first-order valence-corrected chi connectivity index (χ1v) is 7.62. The second-order valence-electron chi connectivity index (χ2n) is 5.33. The van der Waals surface area contributed by atoms with E-state index < -0.39 is 14.6 Å². The molecule has 0 radical (unpaired) electrons. The molecule has 0 rings (SSSR count). The lowest BCUT2D eigenvalue weighted by Gasteiger charge is -2.22. The normalized spacial score (nSPS) is 12.8. The van der Waals surface area contributed by atoms with Crippen LogP contribution in [0.15, 0.2) is 0 Å². The van der Waals surface area contributed by atoms with Gasteiger partial charge in [-0.3, -0.25) is 4.79 Å². The quantitative estimate of drug-likeness (QED) is 0.687. The van der Waals surface area contributed by atoms with E-state index in [1.807, 2.05) is 13.8 Å². The Labute approximate surface area is 104 Å². The van der Waals surface area contributed by atoms with Crippen LogP contribution in [0.2, 0.25) is 0 Å². The topological polar surface area (TPSA) is 75.3 Å². The van der Waals surface area contributed by atoms with Crippen molar-refractivity contribution >= 4 is 15.7 Å². The number of amides is 1. The molecule has 17 heavy (non-hydrogen) atoms. The molecule has 6 heteroatoms. The molecule has 102 valence electrons. The summed E-state index contributed by atoms with van der Waals surface area (Å²) in [5.41, 5.74) is 0. The van der Waals surface area contributed by atoms with Gasteiger partial charge in [0.15, 0.2) is 9.84 Å². The third kappa shape index (κ3) is 6.63. The smallest absolute Gasteiger partial charge is 0.233 e. The van der Waals surface area contributed by atoms with Crippen molar-refractivity contribution in [3.8, 4) is 0 Å². The highest BCUT2D eigenvalue weighted by molar-refractivity contribution is 7.92. The van der Waals surface area contributed by atoms with Crippen molar-refractivity contribution in [2.75, 3.05) is 25.9 Å². The van der Waals surface area contributed by atoms with Crippen molar-refractivity contribution in [3.05, 3.63) is 0 Å². The van der Waals surface area contributed by atoms with Gasteiger partial charge in [-0.1, -0.05) is 13.8 Å². The fraction of sp³-hybridized carbons (Fsp3) is 0.909. The van der Waals surface area contributed by atoms with Crippen molar-refractivity contribution in [3.63, 3.8) is 0 Å². The van der Waals surface area contributed by atoms with E-state index in [9.17, 15) is 13.2 Å². The van der Waals surface area contributed by atoms with Crippen LogP contribution in [0.5, 0.6) is 0 Å². The molecule has 0 aliphatic carbocycles. The summed E-state index contributed by atoms with van der Waals surface area (Å²) >= 11 is 0. The zero-order chi connectivity index (χ0) is 13.7. The first-order valence-electron chi connectivity index (χ1n) is 5.73. The Morgan fingerprint density at radius 2 is 1.82 bits per heavy atom. The van der Waals surface area contributed by atoms with Crippen LogP contribution in [0, 0.1) is 5.92 Å². The number of hydrogen-bond donors (Lipinski definition) is 2. The van der Waals surface area contributed by atoms with Crippen molar-refractivity contribution in [1.82, 2.24) is 10.6 Å². The van der Waals surface area contributed by atoms with E-state index in [0.717, 1.165) is 0 Å². The summed E-state index contributed by atoms with van der Waals surface area (Å²) in [6, 6.07) is 0. The number of carbonyl (C=O) groups is 1. The molecule has 0 fully saturated rings. The van der Waals surface area contributed by atoms with Crippen molar-refractivity contribution in [2.24, 2.45) is 5.92 Å². The molecule has 0 saturated carbocycles. The second-order valence-corrected chi connectivity index (χ2v) is 7.98. The Morgan fingerprint density at radius 3 is 2.24 bits per heavy atom. The van der Waals surface area contributed by atoms with Gasteiger partial charge in [0.1, 0.15) is 0 Å². The summed E-state index contributed by atoms with van der Waals surface area (Å²) in [5, 5.41) is 5.62. The lowest BCUT2D eigenvalue weighted by atomic mass is 10.2. The minimum absolute atomic E-state index is 0.108. The summed E-state index contributed by atoms with van der Waals surface area (Å²) in [7, 11) is -3.12. The van der Waals surface area contributed by atoms with Crippen molar-refractivity contribution < 1.29 is 13.2 Å². The van der Waals surface area contributed by atoms with E-state index in [1.165, 1.54) is 6.26 Å². The van der Waals surface area contributed by atoms with Crippen LogP contribution in [-0.2, 0) is 14.6 Å². The molecule has 0 aromatic heterocycles. The van der Waals surface area contributed by atoms with Crippen LogP contribution >= 0.6 is 0 Å². The zero-order valence-electron chi connectivity index (χ0n) is 11.3. The van der Waals surface area contributed by atoms with Gasteiger partial charge in [-0.15, -0.1) is 0 Å². The molecular weight excluding hydrogens is 240 g/mol. The van der Waals surface area contributed by atoms with Crippen LogP contribution in [0.3, 0.4) is 0 Å². The fourth-order valence-corrected chi connectivity index (χ4v) is 1.35. The SMILES string of the molecule is CC(C)CNC(=O)CNCC(C)(C)S(C)(=O)=O. The van der Waals surface area contributed by atoms with E-state index in [4.69, 9.17) is 0 Å². The third-order valence-electron chi connectivity index (χ3n) is 2.55. The molecule has 2 N–H and O–H groups in total. The molecule has 0 aromatic carbocycles. The maximum absolute atomic E-state index is 11.4. The van der Waals surface area contributed by atoms with Gasteiger partial charge < -0.3 is 10.6 Å². The molecule has 0 unspecified atom stereocenters. The molecule has 0 aromatic rings. The Morgan fingerprint density at radius 1 is 1.29 bits per heavy atom. The van der Waals surface area contributed by atoms with Crippen LogP contribution in [-0.4, -0.2) is 45.0 Å². The number of sulfone groups is 1. The standard InChI is InChI=1S/C11H24N2O3S/c1-9(2)6-13-10(14)7-12-8-11(3,4)17(5,15)16/h9,12H,6-8H2,1-5H3,(H,13,14). The molecule has 5 nitrogen and oxygen atoms in total. The number of carbonyl (C=O) groups excluding carboxylic acids is 1. The molecule has 1 amide bonds. The highest BCUT2D eigenvalue weighted by atomic mass is 32.2. The monoisotopic (exact) mass is 264 g/mol. The third-order valence-corrected chi connectivity index (χ3v) is 4.70. The van der Waals surface area contributed by atoms with E-state index in [1.54, 1.807) is 13.8 Å². The average Bonchev–Trinajstić information content (AvgIpc) is 2.12. The van der Waals surface area contributed by atoms with Gasteiger partial charge in [0, 0.05) is 19.3 Å².